The second-order valence-corrected chi connectivity index (χ2v) is 5.64. The van der Waals surface area contributed by atoms with Crippen LogP contribution in [0.5, 0.6) is 0 Å². The molecule has 0 fully saturated rings. The summed E-state index contributed by atoms with van der Waals surface area (Å²) in [6.07, 6.45) is -0.258. The van der Waals surface area contributed by atoms with Gasteiger partial charge in [0, 0.05) is 18.8 Å². The summed E-state index contributed by atoms with van der Waals surface area (Å²) in [4.78, 5) is 24.1. The summed E-state index contributed by atoms with van der Waals surface area (Å²) in [5.74, 6) is -0.513. The van der Waals surface area contributed by atoms with Crippen LogP contribution in [0.15, 0.2) is 41.9 Å². The zero-order chi connectivity index (χ0) is 17.0. The Balaban J connectivity index is 2.41. The van der Waals surface area contributed by atoms with Crippen LogP contribution in [0.2, 0.25) is 0 Å². The van der Waals surface area contributed by atoms with Crippen molar-refractivity contribution in [3.8, 4) is 0 Å². The first-order valence-electron chi connectivity index (χ1n) is 7.57. The first-order chi connectivity index (χ1) is 11.0. The topological polar surface area (TPSA) is 61.8 Å². The molecule has 0 saturated carbocycles. The van der Waals surface area contributed by atoms with Crippen molar-refractivity contribution in [1.29, 1.82) is 0 Å². The SMILES string of the molecule is COC1=C(OC)C(C)C(Cc2ccccc2)C(OC(C)=O)C1=O. The molecule has 1 aliphatic carbocycles. The molecule has 0 bridgehead atoms. The lowest BCUT2D eigenvalue weighted by Gasteiger charge is -2.36. The highest BCUT2D eigenvalue weighted by Gasteiger charge is 2.45. The van der Waals surface area contributed by atoms with Gasteiger partial charge in [-0.2, -0.15) is 0 Å². The van der Waals surface area contributed by atoms with Gasteiger partial charge in [-0.15, -0.1) is 0 Å². The van der Waals surface area contributed by atoms with Crippen molar-refractivity contribution in [2.24, 2.45) is 11.8 Å². The molecule has 0 amide bonds. The van der Waals surface area contributed by atoms with E-state index in [9.17, 15) is 9.59 Å². The molecule has 124 valence electrons. The lowest BCUT2D eigenvalue weighted by molar-refractivity contribution is -0.159. The van der Waals surface area contributed by atoms with E-state index in [4.69, 9.17) is 14.2 Å². The number of ketones is 1. The van der Waals surface area contributed by atoms with Gasteiger partial charge in [-0.1, -0.05) is 37.3 Å². The molecule has 0 N–H and O–H groups in total. The van der Waals surface area contributed by atoms with Crippen LogP contribution in [-0.2, 0) is 30.2 Å². The molecule has 0 spiro atoms. The monoisotopic (exact) mass is 318 g/mol. The molecule has 3 unspecified atom stereocenters. The number of carbonyl (C=O) groups is 2. The molecule has 23 heavy (non-hydrogen) atoms. The Morgan fingerprint density at radius 2 is 1.78 bits per heavy atom. The Morgan fingerprint density at radius 1 is 1.13 bits per heavy atom. The summed E-state index contributed by atoms with van der Waals surface area (Å²) in [5, 5.41) is 0. The van der Waals surface area contributed by atoms with E-state index in [2.05, 4.69) is 0 Å². The van der Waals surface area contributed by atoms with E-state index in [0.717, 1.165) is 5.56 Å². The number of allylic oxidation sites excluding steroid dienone is 1. The van der Waals surface area contributed by atoms with Crippen molar-refractivity contribution in [3.05, 3.63) is 47.4 Å². The Labute approximate surface area is 136 Å². The van der Waals surface area contributed by atoms with E-state index >= 15 is 0 Å². The Morgan fingerprint density at radius 3 is 2.30 bits per heavy atom. The quantitative estimate of drug-likeness (QED) is 0.781. The average Bonchev–Trinajstić information content (AvgIpc) is 2.54. The molecule has 2 rings (SSSR count). The highest BCUT2D eigenvalue weighted by Crippen LogP contribution is 2.37. The summed E-state index contributed by atoms with van der Waals surface area (Å²) in [6, 6.07) is 9.80. The van der Waals surface area contributed by atoms with Gasteiger partial charge in [-0.05, 0) is 12.0 Å². The molecule has 1 aromatic rings. The van der Waals surface area contributed by atoms with Gasteiger partial charge < -0.3 is 14.2 Å². The van der Waals surface area contributed by atoms with Crippen molar-refractivity contribution in [2.45, 2.75) is 26.4 Å². The van der Waals surface area contributed by atoms with Gasteiger partial charge in [-0.3, -0.25) is 9.59 Å². The zero-order valence-electron chi connectivity index (χ0n) is 13.9. The maximum Gasteiger partial charge on any atom is 0.303 e. The van der Waals surface area contributed by atoms with E-state index in [1.807, 2.05) is 37.3 Å². The van der Waals surface area contributed by atoms with Crippen molar-refractivity contribution < 1.29 is 23.8 Å². The summed E-state index contributed by atoms with van der Waals surface area (Å²) < 4.78 is 15.9. The predicted molar refractivity (Wildman–Crippen MR) is 84.4 cm³/mol. The van der Waals surface area contributed by atoms with Crippen LogP contribution in [-0.4, -0.2) is 32.1 Å². The van der Waals surface area contributed by atoms with E-state index in [-0.39, 0.29) is 23.4 Å². The highest BCUT2D eigenvalue weighted by molar-refractivity contribution is 5.99. The molecular weight excluding hydrogens is 296 g/mol. The minimum absolute atomic E-state index is 0.114. The number of benzene rings is 1. The fourth-order valence-corrected chi connectivity index (χ4v) is 3.08. The number of rotatable bonds is 5. The molecule has 1 aromatic carbocycles. The number of carbonyl (C=O) groups excluding carboxylic acids is 2. The summed E-state index contributed by atoms with van der Waals surface area (Å²) in [6.45, 7) is 3.26. The number of methoxy groups -OCH3 is 2. The van der Waals surface area contributed by atoms with E-state index in [1.54, 1.807) is 0 Å². The maximum absolute atomic E-state index is 12.7. The van der Waals surface area contributed by atoms with Crippen LogP contribution in [0.3, 0.4) is 0 Å². The van der Waals surface area contributed by atoms with Crippen molar-refractivity contribution >= 4 is 11.8 Å². The number of hydrogen-bond donors (Lipinski definition) is 0. The fraction of sp³-hybridized carbons (Fsp3) is 0.444. The summed E-state index contributed by atoms with van der Waals surface area (Å²) in [5.41, 5.74) is 1.07. The van der Waals surface area contributed by atoms with Crippen LogP contribution in [0.4, 0.5) is 0 Å². The van der Waals surface area contributed by atoms with Crippen molar-refractivity contribution in [2.75, 3.05) is 14.2 Å². The summed E-state index contributed by atoms with van der Waals surface area (Å²) >= 11 is 0. The average molecular weight is 318 g/mol. The second-order valence-electron chi connectivity index (χ2n) is 5.64. The lowest BCUT2D eigenvalue weighted by atomic mass is 9.76. The van der Waals surface area contributed by atoms with Gasteiger partial charge >= 0.3 is 5.97 Å². The third-order valence-electron chi connectivity index (χ3n) is 4.18. The third kappa shape index (κ3) is 3.55. The first kappa shape index (κ1) is 17.1. The Hall–Kier alpha value is -2.30. The minimum Gasteiger partial charge on any atom is -0.497 e. The smallest absolute Gasteiger partial charge is 0.303 e. The predicted octanol–water partition coefficient (Wildman–Crippen LogP) is 2.50. The molecule has 3 atom stereocenters. The largest absolute Gasteiger partial charge is 0.497 e. The van der Waals surface area contributed by atoms with Gasteiger partial charge in [-0.25, -0.2) is 0 Å². The fourth-order valence-electron chi connectivity index (χ4n) is 3.08. The maximum atomic E-state index is 12.7. The Bertz CT molecular complexity index is 605. The molecule has 5 heteroatoms. The van der Waals surface area contributed by atoms with Crippen LogP contribution in [0, 0.1) is 11.8 Å². The molecule has 0 aliphatic heterocycles. The van der Waals surface area contributed by atoms with Crippen molar-refractivity contribution in [3.63, 3.8) is 0 Å². The van der Waals surface area contributed by atoms with Gasteiger partial charge in [0.05, 0.1) is 14.2 Å². The molecular formula is C18H22O5. The van der Waals surface area contributed by atoms with E-state index in [0.29, 0.717) is 12.2 Å². The zero-order valence-corrected chi connectivity index (χ0v) is 13.9. The van der Waals surface area contributed by atoms with Gasteiger partial charge in [0.25, 0.3) is 0 Å². The van der Waals surface area contributed by atoms with E-state index in [1.165, 1.54) is 21.1 Å². The number of hydrogen-bond acceptors (Lipinski definition) is 5. The van der Waals surface area contributed by atoms with Gasteiger partial charge in [0.1, 0.15) is 5.76 Å². The number of Topliss-reactive ketones (excluding diaryl/α,β-unsaturated/α-hetero) is 1. The summed E-state index contributed by atoms with van der Waals surface area (Å²) in [7, 11) is 2.94. The Kier molecular flexibility index (Phi) is 5.42. The lowest BCUT2D eigenvalue weighted by Crippen LogP contribution is -2.45. The van der Waals surface area contributed by atoms with Crippen LogP contribution in [0.25, 0.3) is 0 Å². The van der Waals surface area contributed by atoms with Crippen LogP contribution >= 0.6 is 0 Å². The minimum atomic E-state index is -0.864. The van der Waals surface area contributed by atoms with Gasteiger partial charge in [0.2, 0.25) is 11.5 Å². The number of ether oxygens (including phenoxy) is 3. The molecule has 0 radical (unpaired) electrons. The number of esters is 1. The van der Waals surface area contributed by atoms with E-state index < -0.39 is 12.1 Å². The molecule has 1 aliphatic rings. The van der Waals surface area contributed by atoms with Crippen LogP contribution in [0.1, 0.15) is 19.4 Å². The van der Waals surface area contributed by atoms with Gasteiger partial charge in [0.15, 0.2) is 6.10 Å². The standard InChI is InChI=1S/C18H22O5/c1-11-14(10-13-8-6-5-7-9-13)17(23-12(2)19)15(20)18(22-4)16(11)21-3/h5-9,11,14,17H,10H2,1-4H3. The van der Waals surface area contributed by atoms with Crippen LogP contribution < -0.4 is 0 Å². The first-order valence-corrected chi connectivity index (χ1v) is 7.57. The second kappa shape index (κ2) is 7.31. The molecule has 0 aromatic heterocycles. The molecule has 5 nitrogen and oxygen atoms in total. The highest BCUT2D eigenvalue weighted by atomic mass is 16.6. The van der Waals surface area contributed by atoms with Crippen molar-refractivity contribution in [1.82, 2.24) is 0 Å². The molecule has 0 heterocycles. The molecule has 0 saturated heterocycles. The third-order valence-corrected chi connectivity index (χ3v) is 4.18. The normalized spacial score (nSPS) is 24.3.